The summed E-state index contributed by atoms with van der Waals surface area (Å²) in [5, 5.41) is 0.706. The molecule has 1 atom stereocenters. The van der Waals surface area contributed by atoms with Gasteiger partial charge in [0.15, 0.2) is 5.78 Å². The summed E-state index contributed by atoms with van der Waals surface area (Å²) in [6.45, 7) is 1.98. The highest BCUT2D eigenvalue weighted by Gasteiger charge is 2.24. The van der Waals surface area contributed by atoms with E-state index in [1.807, 2.05) is 37.3 Å². The molecule has 0 saturated heterocycles. The summed E-state index contributed by atoms with van der Waals surface area (Å²) in [6, 6.07) is 7.60. The third kappa shape index (κ3) is 2.13. The first kappa shape index (κ1) is 10.4. The summed E-state index contributed by atoms with van der Waals surface area (Å²) >= 11 is 6.03. The molecule has 15 heavy (non-hydrogen) atoms. The summed E-state index contributed by atoms with van der Waals surface area (Å²) in [7, 11) is 0. The number of Topliss-reactive ketones (excluding diaryl/α,β-unsaturated/α-hetero) is 1. The Labute approximate surface area is 94.8 Å². The minimum absolute atomic E-state index is 0.179. The zero-order chi connectivity index (χ0) is 10.8. The molecule has 0 radical (unpaired) electrons. The zero-order valence-corrected chi connectivity index (χ0v) is 9.42. The molecule has 1 fully saturated rings. The fourth-order valence-electron chi connectivity index (χ4n) is 1.87. The number of carbonyl (C=O) groups excluding carboxylic acids is 1. The minimum Gasteiger partial charge on any atom is -0.294 e. The van der Waals surface area contributed by atoms with E-state index in [4.69, 9.17) is 11.6 Å². The molecule has 0 aromatic heterocycles. The Hall–Kier alpha value is -1.08. The molecule has 0 amide bonds. The lowest BCUT2D eigenvalue weighted by molar-refractivity contribution is -0.117. The van der Waals surface area contributed by atoms with Crippen molar-refractivity contribution < 1.29 is 4.79 Å². The molecule has 1 nitrogen and oxygen atoms in total. The minimum atomic E-state index is 0.179. The van der Waals surface area contributed by atoms with Gasteiger partial charge in [-0.3, -0.25) is 4.79 Å². The van der Waals surface area contributed by atoms with Crippen LogP contribution in [0.5, 0.6) is 0 Å². The molecule has 2 rings (SSSR count). The van der Waals surface area contributed by atoms with Gasteiger partial charge in [-0.2, -0.15) is 0 Å². The summed E-state index contributed by atoms with van der Waals surface area (Å²) in [4.78, 5) is 11.7. The van der Waals surface area contributed by atoms with Crippen LogP contribution in [0.4, 0.5) is 0 Å². The van der Waals surface area contributed by atoms with Gasteiger partial charge in [0.05, 0.1) is 0 Å². The van der Waals surface area contributed by atoms with Crippen LogP contribution in [0.3, 0.4) is 0 Å². The number of allylic oxidation sites excluding steroid dienone is 1. The second-order valence-electron chi connectivity index (χ2n) is 4.00. The lowest BCUT2D eigenvalue weighted by Crippen LogP contribution is -2.02. The molecule has 1 unspecified atom stereocenters. The Balaban J connectivity index is 2.32. The Morgan fingerprint density at radius 1 is 1.40 bits per heavy atom. The maximum Gasteiger partial charge on any atom is 0.161 e. The molecular formula is C13H13ClO. The molecule has 1 aliphatic carbocycles. The molecule has 0 aliphatic heterocycles. The smallest absolute Gasteiger partial charge is 0.161 e. The average molecular weight is 221 g/mol. The molecule has 1 aromatic rings. The van der Waals surface area contributed by atoms with Crippen molar-refractivity contribution in [1.29, 1.82) is 0 Å². The van der Waals surface area contributed by atoms with Gasteiger partial charge in [0.1, 0.15) is 0 Å². The van der Waals surface area contributed by atoms with Gasteiger partial charge >= 0.3 is 0 Å². The average Bonchev–Trinajstić information content (AvgIpc) is 2.53. The molecular weight excluding hydrogens is 208 g/mol. The van der Waals surface area contributed by atoms with Gasteiger partial charge in [-0.1, -0.05) is 36.7 Å². The van der Waals surface area contributed by atoms with Gasteiger partial charge in [-0.05, 0) is 36.1 Å². The van der Waals surface area contributed by atoms with E-state index in [-0.39, 0.29) is 11.7 Å². The fourth-order valence-corrected chi connectivity index (χ4v) is 2.06. The number of ketones is 1. The van der Waals surface area contributed by atoms with Crippen LogP contribution in [0.2, 0.25) is 5.02 Å². The van der Waals surface area contributed by atoms with Crippen LogP contribution in [0.1, 0.15) is 25.3 Å². The molecule has 0 spiro atoms. The number of hydrogen-bond donors (Lipinski definition) is 0. The maximum absolute atomic E-state index is 11.7. The molecule has 1 aliphatic rings. The molecule has 0 N–H and O–H groups in total. The molecule has 0 heterocycles. The number of rotatable bonds is 1. The Morgan fingerprint density at radius 2 is 2.13 bits per heavy atom. The lowest BCUT2D eigenvalue weighted by atomic mass is 10.1. The first-order valence-corrected chi connectivity index (χ1v) is 5.55. The van der Waals surface area contributed by atoms with Gasteiger partial charge in [0.25, 0.3) is 0 Å². The number of hydrogen-bond acceptors (Lipinski definition) is 1. The highest BCUT2D eigenvalue weighted by atomic mass is 35.5. The standard InChI is InChI=1S/C13H13ClO/c1-9-6-7-11(13(9)15)8-10-4-2-3-5-12(10)14/h2-5,8-9H,6-7H2,1H3. The fraction of sp³-hybridized carbons (Fsp3) is 0.308. The van der Waals surface area contributed by atoms with Gasteiger partial charge in [0, 0.05) is 10.9 Å². The molecule has 78 valence electrons. The topological polar surface area (TPSA) is 17.1 Å². The molecule has 1 aromatic carbocycles. The molecule has 0 bridgehead atoms. The van der Waals surface area contributed by atoms with Crippen LogP contribution in [0.25, 0.3) is 6.08 Å². The van der Waals surface area contributed by atoms with Crippen molar-refractivity contribution in [3.05, 3.63) is 40.4 Å². The Bertz CT molecular complexity index is 420. The van der Waals surface area contributed by atoms with Crippen molar-refractivity contribution >= 4 is 23.5 Å². The van der Waals surface area contributed by atoms with Crippen molar-refractivity contribution in [1.82, 2.24) is 0 Å². The summed E-state index contributed by atoms with van der Waals surface area (Å²) in [6.07, 6.45) is 3.77. The zero-order valence-electron chi connectivity index (χ0n) is 8.66. The number of carbonyl (C=O) groups is 1. The first-order valence-electron chi connectivity index (χ1n) is 5.18. The molecule has 1 saturated carbocycles. The van der Waals surface area contributed by atoms with Gasteiger partial charge in [-0.25, -0.2) is 0 Å². The van der Waals surface area contributed by atoms with Crippen LogP contribution < -0.4 is 0 Å². The van der Waals surface area contributed by atoms with E-state index in [1.165, 1.54) is 0 Å². The SMILES string of the molecule is CC1CCC(=Cc2ccccc2Cl)C1=O. The number of benzene rings is 1. The highest BCUT2D eigenvalue weighted by molar-refractivity contribution is 6.32. The normalized spacial score (nSPS) is 23.7. The molecule has 2 heteroatoms. The van der Waals surface area contributed by atoms with E-state index in [1.54, 1.807) is 0 Å². The second kappa shape index (κ2) is 4.19. The lowest BCUT2D eigenvalue weighted by Gasteiger charge is -2.00. The largest absolute Gasteiger partial charge is 0.294 e. The van der Waals surface area contributed by atoms with E-state index in [0.717, 1.165) is 24.0 Å². The summed E-state index contributed by atoms with van der Waals surface area (Å²) < 4.78 is 0. The number of halogens is 1. The third-order valence-corrected chi connectivity index (χ3v) is 3.19. The Morgan fingerprint density at radius 3 is 2.73 bits per heavy atom. The van der Waals surface area contributed by atoms with Crippen LogP contribution in [-0.4, -0.2) is 5.78 Å². The van der Waals surface area contributed by atoms with E-state index >= 15 is 0 Å². The van der Waals surface area contributed by atoms with Crippen LogP contribution in [0.15, 0.2) is 29.8 Å². The van der Waals surface area contributed by atoms with Crippen molar-refractivity contribution in [2.45, 2.75) is 19.8 Å². The quantitative estimate of drug-likeness (QED) is 0.660. The van der Waals surface area contributed by atoms with Gasteiger partial charge < -0.3 is 0 Å². The summed E-state index contributed by atoms with van der Waals surface area (Å²) in [5.74, 6) is 0.452. The van der Waals surface area contributed by atoms with Gasteiger partial charge in [0.2, 0.25) is 0 Å². The van der Waals surface area contributed by atoms with E-state index < -0.39 is 0 Å². The van der Waals surface area contributed by atoms with E-state index in [9.17, 15) is 4.79 Å². The van der Waals surface area contributed by atoms with Crippen LogP contribution in [-0.2, 0) is 4.79 Å². The van der Waals surface area contributed by atoms with Gasteiger partial charge in [-0.15, -0.1) is 0 Å². The van der Waals surface area contributed by atoms with Crippen molar-refractivity contribution in [2.75, 3.05) is 0 Å². The second-order valence-corrected chi connectivity index (χ2v) is 4.40. The van der Waals surface area contributed by atoms with Crippen molar-refractivity contribution in [2.24, 2.45) is 5.92 Å². The highest BCUT2D eigenvalue weighted by Crippen LogP contribution is 2.29. The van der Waals surface area contributed by atoms with Crippen LogP contribution >= 0.6 is 11.6 Å². The summed E-state index contributed by atoms with van der Waals surface area (Å²) in [5.41, 5.74) is 1.85. The van der Waals surface area contributed by atoms with Crippen molar-refractivity contribution in [3.8, 4) is 0 Å². The monoisotopic (exact) mass is 220 g/mol. The van der Waals surface area contributed by atoms with Crippen LogP contribution in [0, 0.1) is 5.92 Å². The third-order valence-electron chi connectivity index (χ3n) is 2.85. The Kier molecular flexibility index (Phi) is 2.92. The maximum atomic E-state index is 11.7. The predicted molar refractivity (Wildman–Crippen MR) is 62.8 cm³/mol. The van der Waals surface area contributed by atoms with E-state index in [0.29, 0.717) is 5.02 Å². The first-order chi connectivity index (χ1) is 7.18. The van der Waals surface area contributed by atoms with Crippen molar-refractivity contribution in [3.63, 3.8) is 0 Å². The predicted octanol–water partition coefficient (Wildman–Crippen LogP) is 3.72. The van der Waals surface area contributed by atoms with E-state index in [2.05, 4.69) is 0 Å².